The number of carboxylic acids is 1. The zero-order valence-corrected chi connectivity index (χ0v) is 9.07. The Morgan fingerprint density at radius 1 is 1.40 bits per heavy atom. The van der Waals surface area contributed by atoms with Gasteiger partial charge in [0.25, 0.3) is 0 Å². The Labute approximate surface area is 94.1 Å². The molecule has 1 aromatic rings. The predicted molar refractivity (Wildman–Crippen MR) is 60.0 cm³/mol. The number of nitrogens with one attached hydrogen (secondary N) is 1. The molecule has 0 unspecified atom stereocenters. The first-order valence-corrected chi connectivity index (χ1v) is 5.31. The van der Waals surface area contributed by atoms with Crippen molar-refractivity contribution < 1.29 is 9.90 Å². The highest BCUT2D eigenvalue weighted by Crippen LogP contribution is 2.01. The summed E-state index contributed by atoms with van der Waals surface area (Å²) in [6.07, 6.45) is 0.0519. The van der Waals surface area contributed by atoms with Crippen LogP contribution >= 0.6 is 11.6 Å². The second-order valence-electron chi connectivity index (χ2n) is 3.32. The molecular weight excluding hydrogens is 214 g/mol. The lowest BCUT2D eigenvalue weighted by molar-refractivity contribution is -0.137. The van der Waals surface area contributed by atoms with Crippen molar-refractivity contribution in [3.8, 4) is 0 Å². The lowest BCUT2D eigenvalue weighted by Gasteiger charge is -2.13. The van der Waals surface area contributed by atoms with Gasteiger partial charge in [-0.1, -0.05) is 30.3 Å². The third kappa shape index (κ3) is 4.81. The minimum atomic E-state index is -0.832. The smallest absolute Gasteiger partial charge is 0.304 e. The van der Waals surface area contributed by atoms with Crippen molar-refractivity contribution in [3.63, 3.8) is 0 Å². The van der Waals surface area contributed by atoms with Gasteiger partial charge in [0, 0.05) is 18.5 Å². The van der Waals surface area contributed by atoms with E-state index in [1.54, 1.807) is 0 Å². The zero-order valence-electron chi connectivity index (χ0n) is 8.32. The zero-order chi connectivity index (χ0) is 11.1. The van der Waals surface area contributed by atoms with E-state index in [9.17, 15) is 4.79 Å². The molecule has 0 saturated heterocycles. The van der Waals surface area contributed by atoms with Gasteiger partial charge in [0.2, 0.25) is 0 Å². The van der Waals surface area contributed by atoms with Crippen LogP contribution in [-0.2, 0) is 11.3 Å². The van der Waals surface area contributed by atoms with Crippen LogP contribution < -0.4 is 5.32 Å². The first kappa shape index (κ1) is 12.0. The van der Waals surface area contributed by atoms with E-state index in [0.717, 1.165) is 5.56 Å². The number of halogens is 1. The Bertz CT molecular complexity index is 303. The number of alkyl halides is 1. The summed E-state index contributed by atoms with van der Waals surface area (Å²) < 4.78 is 0. The summed E-state index contributed by atoms with van der Waals surface area (Å²) in [4.78, 5) is 10.5. The van der Waals surface area contributed by atoms with Gasteiger partial charge in [-0.05, 0) is 5.56 Å². The Morgan fingerprint density at radius 2 is 2.07 bits per heavy atom. The number of rotatable bonds is 6. The molecule has 0 aliphatic carbocycles. The first-order valence-electron chi connectivity index (χ1n) is 4.77. The molecule has 0 heterocycles. The molecule has 2 N–H and O–H groups in total. The van der Waals surface area contributed by atoms with Crippen LogP contribution in [0.1, 0.15) is 12.0 Å². The van der Waals surface area contributed by atoms with Crippen LogP contribution in [0.2, 0.25) is 0 Å². The van der Waals surface area contributed by atoms with E-state index in [1.807, 2.05) is 30.3 Å². The maximum Gasteiger partial charge on any atom is 0.304 e. The highest BCUT2D eigenvalue weighted by Gasteiger charge is 2.10. The number of hydrogen-bond acceptors (Lipinski definition) is 2. The summed E-state index contributed by atoms with van der Waals surface area (Å²) in [5.74, 6) is -0.528. The average Bonchev–Trinajstić information content (AvgIpc) is 2.25. The Balaban J connectivity index is 2.37. The van der Waals surface area contributed by atoms with Crippen molar-refractivity contribution in [2.45, 2.75) is 19.0 Å². The van der Waals surface area contributed by atoms with E-state index < -0.39 is 5.97 Å². The summed E-state index contributed by atoms with van der Waals surface area (Å²) in [7, 11) is 0. The Kier molecular flexibility index (Phi) is 5.15. The molecule has 0 amide bonds. The molecular formula is C11H14ClNO2. The van der Waals surface area contributed by atoms with Crippen LogP contribution in [0.5, 0.6) is 0 Å². The number of carbonyl (C=O) groups is 1. The van der Waals surface area contributed by atoms with Crippen molar-refractivity contribution in [2.75, 3.05) is 5.88 Å². The molecule has 0 bridgehead atoms. The predicted octanol–water partition coefficient (Wildman–Crippen LogP) is 1.86. The van der Waals surface area contributed by atoms with Gasteiger partial charge in [0.1, 0.15) is 0 Å². The summed E-state index contributed by atoms with van der Waals surface area (Å²) in [6, 6.07) is 9.63. The minimum absolute atomic E-state index is 0.0519. The van der Waals surface area contributed by atoms with Crippen molar-refractivity contribution in [3.05, 3.63) is 35.9 Å². The molecule has 3 nitrogen and oxygen atoms in total. The Hall–Kier alpha value is -1.06. The van der Waals surface area contributed by atoms with Crippen LogP contribution in [0.15, 0.2) is 30.3 Å². The van der Waals surface area contributed by atoms with E-state index >= 15 is 0 Å². The molecule has 1 atom stereocenters. The minimum Gasteiger partial charge on any atom is -0.481 e. The second-order valence-corrected chi connectivity index (χ2v) is 3.62. The average molecular weight is 228 g/mol. The summed E-state index contributed by atoms with van der Waals surface area (Å²) >= 11 is 5.65. The fourth-order valence-electron chi connectivity index (χ4n) is 1.25. The number of carboxylic acid groups (broad SMARTS) is 1. The lowest BCUT2D eigenvalue weighted by Crippen LogP contribution is -2.32. The van der Waals surface area contributed by atoms with Gasteiger partial charge in [-0.15, -0.1) is 11.6 Å². The van der Waals surface area contributed by atoms with Crippen molar-refractivity contribution >= 4 is 17.6 Å². The van der Waals surface area contributed by atoms with Crippen molar-refractivity contribution in [1.29, 1.82) is 0 Å². The standard InChI is InChI=1S/C11H14ClNO2/c12-7-10(6-11(14)15)13-8-9-4-2-1-3-5-9/h1-5,10,13H,6-8H2,(H,14,15)/t10-/m0/s1. The van der Waals surface area contributed by atoms with Gasteiger partial charge >= 0.3 is 5.97 Å². The van der Waals surface area contributed by atoms with Gasteiger partial charge in [-0.2, -0.15) is 0 Å². The van der Waals surface area contributed by atoms with E-state index in [4.69, 9.17) is 16.7 Å². The normalized spacial score (nSPS) is 12.3. The molecule has 0 radical (unpaired) electrons. The SMILES string of the molecule is O=C(O)C[C@@H](CCl)NCc1ccccc1. The monoisotopic (exact) mass is 227 g/mol. The maximum atomic E-state index is 10.5. The van der Waals surface area contributed by atoms with Crippen molar-refractivity contribution in [1.82, 2.24) is 5.32 Å². The van der Waals surface area contributed by atoms with Crippen LogP contribution in [0, 0.1) is 0 Å². The molecule has 0 fully saturated rings. The third-order valence-electron chi connectivity index (χ3n) is 2.04. The van der Waals surface area contributed by atoms with E-state index in [1.165, 1.54) is 0 Å². The van der Waals surface area contributed by atoms with Gasteiger partial charge < -0.3 is 10.4 Å². The molecule has 0 aliphatic rings. The van der Waals surface area contributed by atoms with E-state index in [-0.39, 0.29) is 12.5 Å². The molecule has 4 heteroatoms. The van der Waals surface area contributed by atoms with Crippen LogP contribution in [0.25, 0.3) is 0 Å². The molecule has 1 rings (SSSR count). The largest absolute Gasteiger partial charge is 0.481 e. The van der Waals surface area contributed by atoms with Crippen LogP contribution in [-0.4, -0.2) is 23.0 Å². The molecule has 15 heavy (non-hydrogen) atoms. The van der Waals surface area contributed by atoms with E-state index in [2.05, 4.69) is 5.32 Å². The van der Waals surface area contributed by atoms with E-state index in [0.29, 0.717) is 12.4 Å². The topological polar surface area (TPSA) is 49.3 Å². The molecule has 1 aromatic carbocycles. The lowest BCUT2D eigenvalue weighted by atomic mass is 10.2. The molecule has 82 valence electrons. The molecule has 0 spiro atoms. The Morgan fingerprint density at radius 3 is 2.60 bits per heavy atom. The highest BCUT2D eigenvalue weighted by molar-refractivity contribution is 6.18. The van der Waals surface area contributed by atoms with Crippen molar-refractivity contribution in [2.24, 2.45) is 0 Å². The van der Waals surface area contributed by atoms with Gasteiger partial charge in [-0.25, -0.2) is 0 Å². The number of benzene rings is 1. The molecule has 0 aromatic heterocycles. The highest BCUT2D eigenvalue weighted by atomic mass is 35.5. The maximum absolute atomic E-state index is 10.5. The first-order chi connectivity index (χ1) is 7.22. The van der Waals surface area contributed by atoms with Gasteiger partial charge in [-0.3, -0.25) is 4.79 Å². The van der Waals surface area contributed by atoms with Crippen LogP contribution in [0.3, 0.4) is 0 Å². The summed E-state index contributed by atoms with van der Waals surface area (Å²) in [5.41, 5.74) is 1.12. The molecule has 0 aliphatic heterocycles. The third-order valence-corrected chi connectivity index (χ3v) is 2.42. The van der Waals surface area contributed by atoms with Gasteiger partial charge in [0.05, 0.1) is 6.42 Å². The quantitative estimate of drug-likeness (QED) is 0.730. The van der Waals surface area contributed by atoms with Crippen LogP contribution in [0.4, 0.5) is 0 Å². The fraction of sp³-hybridized carbons (Fsp3) is 0.364. The summed E-state index contributed by atoms with van der Waals surface area (Å²) in [6.45, 7) is 0.644. The second kappa shape index (κ2) is 6.43. The number of aliphatic carboxylic acids is 1. The number of hydrogen-bond donors (Lipinski definition) is 2. The molecule has 0 saturated carbocycles. The summed E-state index contributed by atoms with van der Waals surface area (Å²) in [5, 5.41) is 11.7. The van der Waals surface area contributed by atoms with Gasteiger partial charge in [0.15, 0.2) is 0 Å². The fourth-order valence-corrected chi connectivity index (χ4v) is 1.47.